The summed E-state index contributed by atoms with van der Waals surface area (Å²) in [7, 11) is 0. The molecule has 1 aromatic heterocycles. The van der Waals surface area contributed by atoms with E-state index in [0.717, 1.165) is 5.69 Å². The molecule has 20 heavy (non-hydrogen) atoms. The van der Waals surface area contributed by atoms with Gasteiger partial charge in [0.25, 0.3) is 0 Å². The van der Waals surface area contributed by atoms with Gasteiger partial charge in [0.1, 0.15) is 5.66 Å². The Labute approximate surface area is 128 Å². The number of anilines is 1. The largest absolute Gasteiger partial charge is 0.337 e. The Morgan fingerprint density at radius 2 is 2.00 bits per heavy atom. The molecule has 104 valence electrons. The van der Waals surface area contributed by atoms with Gasteiger partial charge in [0.15, 0.2) is 5.11 Å². The molecule has 1 aliphatic rings. The van der Waals surface area contributed by atoms with E-state index in [0.29, 0.717) is 5.11 Å². The third-order valence-corrected chi connectivity index (χ3v) is 5.10. The zero-order valence-corrected chi connectivity index (χ0v) is 13.4. The molecule has 2 N–H and O–H groups in total. The number of hydrogen-bond donors (Lipinski definition) is 2. The van der Waals surface area contributed by atoms with Crippen LogP contribution in [0.3, 0.4) is 0 Å². The van der Waals surface area contributed by atoms with Gasteiger partial charge < -0.3 is 5.32 Å². The van der Waals surface area contributed by atoms with E-state index in [1.165, 1.54) is 16.0 Å². The fourth-order valence-electron chi connectivity index (χ4n) is 2.40. The van der Waals surface area contributed by atoms with E-state index >= 15 is 0 Å². The lowest BCUT2D eigenvalue weighted by Gasteiger charge is -2.25. The molecule has 0 amide bonds. The lowest BCUT2D eigenvalue weighted by Crippen LogP contribution is -2.45. The van der Waals surface area contributed by atoms with Crippen LogP contribution in [-0.2, 0) is 5.66 Å². The number of benzene rings is 1. The third-order valence-electron chi connectivity index (χ3n) is 3.73. The van der Waals surface area contributed by atoms with Crippen molar-refractivity contribution in [1.82, 2.24) is 10.7 Å². The molecule has 0 saturated carbocycles. The Morgan fingerprint density at radius 1 is 1.20 bits per heavy atom. The van der Waals surface area contributed by atoms with Crippen molar-refractivity contribution in [3.63, 3.8) is 0 Å². The number of rotatable bonds is 2. The zero-order chi connectivity index (χ0) is 14.3. The van der Waals surface area contributed by atoms with Gasteiger partial charge in [-0.1, -0.05) is 18.2 Å². The van der Waals surface area contributed by atoms with Gasteiger partial charge in [-0.15, -0.1) is 11.3 Å². The minimum atomic E-state index is -0.346. The third kappa shape index (κ3) is 2.12. The summed E-state index contributed by atoms with van der Waals surface area (Å²) in [5, 5.41) is 8.13. The van der Waals surface area contributed by atoms with Crippen molar-refractivity contribution in [2.45, 2.75) is 26.4 Å². The number of nitrogens with zero attached hydrogens (tertiary/aromatic N) is 1. The smallest absolute Gasteiger partial charge is 0.190 e. The van der Waals surface area contributed by atoms with Crippen molar-refractivity contribution in [2.24, 2.45) is 0 Å². The van der Waals surface area contributed by atoms with Crippen LogP contribution >= 0.6 is 23.6 Å². The van der Waals surface area contributed by atoms with Crippen molar-refractivity contribution < 1.29 is 0 Å². The minimum Gasteiger partial charge on any atom is -0.337 e. The second-order valence-electron chi connectivity index (χ2n) is 5.20. The van der Waals surface area contributed by atoms with Crippen LogP contribution in [0.25, 0.3) is 0 Å². The van der Waals surface area contributed by atoms with Crippen LogP contribution in [0.4, 0.5) is 5.69 Å². The van der Waals surface area contributed by atoms with E-state index in [2.05, 4.69) is 67.2 Å². The summed E-state index contributed by atoms with van der Waals surface area (Å²) in [6, 6.07) is 10.4. The molecule has 1 atom stereocenters. The maximum Gasteiger partial charge on any atom is 0.190 e. The maximum absolute atomic E-state index is 5.51. The summed E-state index contributed by atoms with van der Waals surface area (Å²) in [5.41, 5.74) is 6.75. The Morgan fingerprint density at radius 3 is 2.70 bits per heavy atom. The second-order valence-corrected chi connectivity index (χ2v) is 6.53. The highest BCUT2D eigenvalue weighted by molar-refractivity contribution is 7.80. The van der Waals surface area contributed by atoms with E-state index in [1.54, 1.807) is 11.3 Å². The lowest BCUT2D eigenvalue weighted by atomic mass is 10.1. The van der Waals surface area contributed by atoms with Crippen LogP contribution in [0.1, 0.15) is 22.9 Å². The van der Waals surface area contributed by atoms with E-state index in [9.17, 15) is 0 Å². The number of thiocarbonyl (C=S) groups is 1. The first-order chi connectivity index (χ1) is 9.51. The average molecular weight is 303 g/mol. The fourth-order valence-corrected chi connectivity index (χ4v) is 3.54. The first kappa shape index (κ1) is 13.5. The molecule has 1 saturated heterocycles. The monoisotopic (exact) mass is 303 g/mol. The molecular weight excluding hydrogens is 286 g/mol. The summed E-state index contributed by atoms with van der Waals surface area (Å²) in [4.78, 5) is 1.22. The summed E-state index contributed by atoms with van der Waals surface area (Å²) in [5.74, 6) is 0. The highest BCUT2D eigenvalue weighted by Crippen LogP contribution is 2.31. The van der Waals surface area contributed by atoms with Crippen LogP contribution in [0.2, 0.25) is 0 Å². The van der Waals surface area contributed by atoms with Crippen LogP contribution < -0.4 is 15.8 Å². The predicted molar refractivity (Wildman–Crippen MR) is 88.9 cm³/mol. The Hall–Kier alpha value is -1.43. The number of thiophene rings is 1. The fraction of sp³-hybridized carbons (Fsp3) is 0.267. The number of aryl methyl sites for hydroxylation is 1. The quantitative estimate of drug-likeness (QED) is 0.831. The SMILES string of the molecule is Cc1cccc(N2NC(C)(c3cccs3)NC2=S)c1C. The van der Waals surface area contributed by atoms with E-state index in [4.69, 9.17) is 12.2 Å². The highest BCUT2D eigenvalue weighted by atomic mass is 32.1. The van der Waals surface area contributed by atoms with Gasteiger partial charge in [0.2, 0.25) is 0 Å². The maximum atomic E-state index is 5.51. The highest BCUT2D eigenvalue weighted by Gasteiger charge is 2.39. The van der Waals surface area contributed by atoms with Crippen LogP contribution in [0.5, 0.6) is 0 Å². The van der Waals surface area contributed by atoms with Crippen molar-refractivity contribution in [3.05, 3.63) is 51.7 Å². The molecule has 2 heterocycles. The second kappa shape index (κ2) is 4.84. The van der Waals surface area contributed by atoms with Gasteiger partial charge in [0.05, 0.1) is 5.69 Å². The van der Waals surface area contributed by atoms with Crippen molar-refractivity contribution >= 4 is 34.4 Å². The predicted octanol–water partition coefficient (Wildman–Crippen LogP) is 3.44. The molecule has 0 bridgehead atoms. The minimum absolute atomic E-state index is 0.346. The molecule has 2 aromatic rings. The average Bonchev–Trinajstić information content (AvgIpc) is 3.02. The first-order valence-corrected chi connectivity index (χ1v) is 7.80. The van der Waals surface area contributed by atoms with Gasteiger partial charge in [-0.25, -0.2) is 5.01 Å². The molecule has 1 fully saturated rings. The summed E-state index contributed by atoms with van der Waals surface area (Å²) in [6.07, 6.45) is 0. The summed E-state index contributed by atoms with van der Waals surface area (Å²) < 4.78 is 0. The molecule has 0 radical (unpaired) electrons. The molecule has 0 spiro atoms. The topological polar surface area (TPSA) is 27.3 Å². The first-order valence-electron chi connectivity index (χ1n) is 6.51. The number of nitrogens with one attached hydrogen (secondary N) is 2. The van der Waals surface area contributed by atoms with Crippen molar-refractivity contribution in [1.29, 1.82) is 0 Å². The molecule has 5 heteroatoms. The van der Waals surface area contributed by atoms with Gasteiger partial charge in [-0.05, 0) is 61.6 Å². The normalized spacial score (nSPS) is 22.1. The van der Waals surface area contributed by atoms with E-state index < -0.39 is 0 Å². The Balaban J connectivity index is 1.97. The summed E-state index contributed by atoms with van der Waals surface area (Å²) in [6.45, 7) is 6.34. The molecule has 1 aromatic carbocycles. The van der Waals surface area contributed by atoms with Crippen molar-refractivity contribution in [3.8, 4) is 0 Å². The Bertz CT molecular complexity index is 651. The molecule has 0 aliphatic carbocycles. The van der Waals surface area contributed by atoms with Gasteiger partial charge in [-0.2, -0.15) is 5.43 Å². The van der Waals surface area contributed by atoms with Crippen LogP contribution in [-0.4, -0.2) is 5.11 Å². The lowest BCUT2D eigenvalue weighted by molar-refractivity contribution is 0.398. The molecule has 3 rings (SSSR count). The van der Waals surface area contributed by atoms with Gasteiger partial charge in [-0.3, -0.25) is 0 Å². The van der Waals surface area contributed by atoms with E-state index in [1.807, 2.05) is 5.01 Å². The van der Waals surface area contributed by atoms with E-state index in [-0.39, 0.29) is 5.66 Å². The molecule has 3 nitrogen and oxygen atoms in total. The van der Waals surface area contributed by atoms with Crippen LogP contribution in [0.15, 0.2) is 35.7 Å². The summed E-state index contributed by atoms with van der Waals surface area (Å²) >= 11 is 7.22. The zero-order valence-electron chi connectivity index (χ0n) is 11.7. The standard InChI is InChI=1S/C15H17N3S2/c1-10-6-4-7-12(11(10)2)18-14(19)16-15(3,17-18)13-8-5-9-20-13/h4-9,17H,1-3H3,(H,16,19). The van der Waals surface area contributed by atoms with Gasteiger partial charge in [0, 0.05) is 4.88 Å². The van der Waals surface area contributed by atoms with Gasteiger partial charge >= 0.3 is 0 Å². The number of hydrogen-bond acceptors (Lipinski definition) is 3. The molecule has 1 unspecified atom stereocenters. The Kier molecular flexibility index (Phi) is 3.28. The van der Waals surface area contributed by atoms with Crippen molar-refractivity contribution in [2.75, 3.05) is 5.01 Å². The van der Waals surface area contributed by atoms with Crippen LogP contribution in [0, 0.1) is 13.8 Å². The molecular formula is C15H17N3S2. The molecule has 1 aliphatic heterocycles. The number of hydrazine groups is 1.